The first-order valence-electron chi connectivity index (χ1n) is 8.12. The van der Waals surface area contributed by atoms with Crippen LogP contribution < -0.4 is 11.5 Å². The molecular formula is C17H23Cl2N7O. The van der Waals surface area contributed by atoms with Gasteiger partial charge in [-0.3, -0.25) is 4.79 Å². The topological polar surface area (TPSA) is 116 Å². The molecule has 4 N–H and O–H groups in total. The maximum absolute atomic E-state index is 12.7. The predicted molar refractivity (Wildman–Crippen MR) is 110 cm³/mol. The maximum Gasteiger partial charge on any atom is 0.242 e. The zero-order valence-electron chi connectivity index (χ0n) is 14.7. The smallest absolute Gasteiger partial charge is 0.242 e. The molecule has 0 bridgehead atoms. The molecule has 3 rings (SSSR count). The lowest BCUT2D eigenvalue weighted by molar-refractivity contribution is -0.131. The molecule has 0 saturated heterocycles. The Kier molecular flexibility index (Phi) is 8.93. The van der Waals surface area contributed by atoms with Gasteiger partial charge in [-0.05, 0) is 12.0 Å². The number of fused-ring (bicyclic) bond motifs is 1. The standard InChI is InChI=1S/C17H21N7O.2ClH/c18-7-9-23(8-6-13-4-2-1-3-5-13)14(25)10-24-12-22-15-16(19)20-11-21-17(15)24;;/h1-5,11-12H,6-10,18H2,(H2,19,20,21);2*1H. The van der Waals surface area contributed by atoms with E-state index in [2.05, 4.69) is 15.0 Å². The fourth-order valence-corrected chi connectivity index (χ4v) is 2.69. The molecule has 2 heterocycles. The first-order chi connectivity index (χ1) is 12.2. The second kappa shape index (κ2) is 10.7. The summed E-state index contributed by atoms with van der Waals surface area (Å²) in [6, 6.07) is 10.1. The number of imidazole rings is 1. The highest BCUT2D eigenvalue weighted by Gasteiger charge is 2.16. The molecule has 0 spiro atoms. The van der Waals surface area contributed by atoms with Crippen LogP contribution in [0.2, 0.25) is 0 Å². The summed E-state index contributed by atoms with van der Waals surface area (Å²) in [6.45, 7) is 1.68. The number of rotatable bonds is 7. The second-order valence-electron chi connectivity index (χ2n) is 5.71. The van der Waals surface area contributed by atoms with Crippen LogP contribution in [0.25, 0.3) is 11.2 Å². The number of benzene rings is 1. The van der Waals surface area contributed by atoms with Crippen LogP contribution in [0.4, 0.5) is 5.82 Å². The summed E-state index contributed by atoms with van der Waals surface area (Å²) in [6.07, 6.45) is 3.71. The van der Waals surface area contributed by atoms with E-state index in [1.165, 1.54) is 11.9 Å². The maximum atomic E-state index is 12.7. The minimum absolute atomic E-state index is 0. The fourth-order valence-electron chi connectivity index (χ4n) is 2.69. The van der Waals surface area contributed by atoms with Crippen LogP contribution in [0.5, 0.6) is 0 Å². The molecule has 0 aliphatic rings. The van der Waals surface area contributed by atoms with Gasteiger partial charge in [0.1, 0.15) is 18.4 Å². The van der Waals surface area contributed by atoms with Crippen molar-refractivity contribution in [3.8, 4) is 0 Å². The average Bonchev–Trinajstić information content (AvgIpc) is 3.04. The van der Waals surface area contributed by atoms with Crippen molar-refractivity contribution < 1.29 is 4.79 Å². The molecule has 0 saturated carbocycles. The molecule has 0 unspecified atom stereocenters. The second-order valence-corrected chi connectivity index (χ2v) is 5.71. The summed E-state index contributed by atoms with van der Waals surface area (Å²) in [5.41, 5.74) is 13.7. The van der Waals surface area contributed by atoms with E-state index in [1.54, 1.807) is 15.8 Å². The summed E-state index contributed by atoms with van der Waals surface area (Å²) >= 11 is 0. The molecule has 3 aromatic rings. The van der Waals surface area contributed by atoms with Crippen LogP contribution in [0.1, 0.15) is 5.56 Å². The lowest BCUT2D eigenvalue weighted by atomic mass is 10.1. The number of carbonyl (C=O) groups is 1. The number of nitrogens with two attached hydrogens (primary N) is 2. The third kappa shape index (κ3) is 5.53. The van der Waals surface area contributed by atoms with E-state index < -0.39 is 0 Å². The molecule has 0 aliphatic carbocycles. The van der Waals surface area contributed by atoms with Crippen LogP contribution >= 0.6 is 24.8 Å². The summed E-state index contributed by atoms with van der Waals surface area (Å²) in [5.74, 6) is 0.275. The van der Waals surface area contributed by atoms with Gasteiger partial charge >= 0.3 is 0 Å². The van der Waals surface area contributed by atoms with Crippen molar-refractivity contribution in [3.63, 3.8) is 0 Å². The molecular weight excluding hydrogens is 389 g/mol. The van der Waals surface area contributed by atoms with E-state index in [0.717, 1.165) is 6.42 Å². The van der Waals surface area contributed by atoms with Gasteiger partial charge in [0.05, 0.1) is 6.33 Å². The van der Waals surface area contributed by atoms with Gasteiger partial charge in [0, 0.05) is 19.6 Å². The van der Waals surface area contributed by atoms with Gasteiger partial charge in [-0.15, -0.1) is 24.8 Å². The van der Waals surface area contributed by atoms with E-state index in [4.69, 9.17) is 11.5 Å². The normalized spacial score (nSPS) is 10.1. The van der Waals surface area contributed by atoms with Crippen molar-refractivity contribution in [2.24, 2.45) is 5.73 Å². The molecule has 0 atom stereocenters. The Hall–Kier alpha value is -2.42. The van der Waals surface area contributed by atoms with E-state index in [0.29, 0.717) is 36.6 Å². The molecule has 146 valence electrons. The van der Waals surface area contributed by atoms with E-state index in [1.807, 2.05) is 30.3 Å². The van der Waals surface area contributed by atoms with Crippen molar-refractivity contribution >= 4 is 47.7 Å². The number of halogens is 2. The summed E-state index contributed by atoms with van der Waals surface area (Å²) < 4.78 is 1.68. The van der Waals surface area contributed by atoms with Crippen molar-refractivity contribution in [3.05, 3.63) is 48.5 Å². The number of hydrogen-bond donors (Lipinski definition) is 2. The van der Waals surface area contributed by atoms with Crippen LogP contribution in [-0.4, -0.2) is 50.0 Å². The minimum Gasteiger partial charge on any atom is -0.382 e. The van der Waals surface area contributed by atoms with Crippen LogP contribution in [0.15, 0.2) is 43.0 Å². The summed E-state index contributed by atoms with van der Waals surface area (Å²) in [4.78, 5) is 26.7. The highest BCUT2D eigenvalue weighted by atomic mass is 35.5. The lowest BCUT2D eigenvalue weighted by Crippen LogP contribution is -2.38. The highest BCUT2D eigenvalue weighted by Crippen LogP contribution is 2.14. The quantitative estimate of drug-likeness (QED) is 0.604. The van der Waals surface area contributed by atoms with Crippen molar-refractivity contribution in [1.29, 1.82) is 0 Å². The first kappa shape index (κ1) is 22.6. The van der Waals surface area contributed by atoms with Crippen molar-refractivity contribution in [1.82, 2.24) is 24.4 Å². The van der Waals surface area contributed by atoms with Crippen LogP contribution in [0, 0.1) is 0 Å². The number of nitrogen functional groups attached to an aromatic ring is 1. The Morgan fingerprint density at radius 1 is 1.07 bits per heavy atom. The zero-order valence-corrected chi connectivity index (χ0v) is 16.3. The number of nitrogens with zero attached hydrogens (tertiary/aromatic N) is 5. The third-order valence-corrected chi connectivity index (χ3v) is 4.00. The van der Waals surface area contributed by atoms with Gasteiger partial charge in [0.25, 0.3) is 0 Å². The molecule has 27 heavy (non-hydrogen) atoms. The van der Waals surface area contributed by atoms with Crippen molar-refractivity contribution in [2.45, 2.75) is 13.0 Å². The molecule has 1 aromatic carbocycles. The van der Waals surface area contributed by atoms with Crippen LogP contribution in [0.3, 0.4) is 0 Å². The number of anilines is 1. The Morgan fingerprint density at radius 2 is 1.81 bits per heavy atom. The number of amides is 1. The predicted octanol–water partition coefficient (Wildman–Crippen LogP) is 1.28. The lowest BCUT2D eigenvalue weighted by Gasteiger charge is -2.22. The van der Waals surface area contributed by atoms with Crippen LogP contribution in [-0.2, 0) is 17.8 Å². The molecule has 0 fully saturated rings. The van der Waals surface area contributed by atoms with Gasteiger partial charge in [-0.2, -0.15) is 0 Å². The van der Waals surface area contributed by atoms with Gasteiger partial charge < -0.3 is 20.9 Å². The van der Waals surface area contributed by atoms with E-state index in [-0.39, 0.29) is 37.3 Å². The molecule has 2 aromatic heterocycles. The van der Waals surface area contributed by atoms with Gasteiger partial charge in [-0.25, -0.2) is 15.0 Å². The molecule has 8 nitrogen and oxygen atoms in total. The SMILES string of the molecule is Cl.Cl.NCCN(CCc1ccccc1)C(=O)Cn1cnc2c(N)ncnc21. The largest absolute Gasteiger partial charge is 0.382 e. The number of aromatic nitrogens is 4. The van der Waals surface area contributed by atoms with E-state index >= 15 is 0 Å². The Labute approximate surface area is 169 Å². The highest BCUT2D eigenvalue weighted by molar-refractivity contribution is 5.85. The monoisotopic (exact) mass is 411 g/mol. The molecule has 10 heteroatoms. The van der Waals surface area contributed by atoms with E-state index in [9.17, 15) is 4.79 Å². The molecule has 0 aliphatic heterocycles. The Morgan fingerprint density at radius 3 is 2.52 bits per heavy atom. The average molecular weight is 412 g/mol. The van der Waals surface area contributed by atoms with Gasteiger partial charge in [0.15, 0.2) is 11.5 Å². The molecule has 1 amide bonds. The Balaban J connectivity index is 0.00000182. The summed E-state index contributed by atoms with van der Waals surface area (Å²) in [5, 5.41) is 0. The fraction of sp³-hybridized carbons (Fsp3) is 0.294. The number of carbonyl (C=O) groups excluding carboxylic acids is 1. The molecule has 0 radical (unpaired) electrons. The summed E-state index contributed by atoms with van der Waals surface area (Å²) in [7, 11) is 0. The third-order valence-electron chi connectivity index (χ3n) is 4.00. The minimum atomic E-state index is -0.0298. The Bertz CT molecular complexity index is 857. The van der Waals surface area contributed by atoms with Gasteiger partial charge in [-0.1, -0.05) is 30.3 Å². The zero-order chi connectivity index (χ0) is 17.6. The number of hydrogen-bond acceptors (Lipinski definition) is 6. The first-order valence-corrected chi connectivity index (χ1v) is 8.12. The van der Waals surface area contributed by atoms with Gasteiger partial charge in [0.2, 0.25) is 5.91 Å². The van der Waals surface area contributed by atoms with Crippen molar-refractivity contribution in [2.75, 3.05) is 25.4 Å².